The molecule has 0 bridgehead atoms. The Morgan fingerprint density at radius 3 is 2.83 bits per heavy atom. The summed E-state index contributed by atoms with van der Waals surface area (Å²) in [7, 11) is 2.19. The molecule has 0 aromatic heterocycles. The minimum absolute atomic E-state index is 0.502. The lowest BCUT2D eigenvalue weighted by Gasteiger charge is -2.45. The van der Waals surface area contributed by atoms with Crippen molar-refractivity contribution in [3.63, 3.8) is 0 Å². The summed E-state index contributed by atoms with van der Waals surface area (Å²) < 4.78 is 0. The van der Waals surface area contributed by atoms with E-state index in [1.807, 2.05) is 18.2 Å². The van der Waals surface area contributed by atoms with Crippen LogP contribution in [0, 0.1) is 0 Å². The topological polar surface area (TPSA) is 32.5 Å². The summed E-state index contributed by atoms with van der Waals surface area (Å²) in [6, 6.07) is 9.15. The zero-order valence-electron chi connectivity index (χ0n) is 11.1. The van der Waals surface area contributed by atoms with E-state index in [9.17, 15) is 0 Å². The first-order valence-electron chi connectivity index (χ1n) is 6.54. The highest BCUT2D eigenvalue weighted by atomic mass is 35.5. The molecule has 3 nitrogen and oxygen atoms in total. The van der Waals surface area contributed by atoms with Gasteiger partial charge in [-0.15, -0.1) is 0 Å². The third-order valence-corrected chi connectivity index (χ3v) is 3.99. The lowest BCUT2D eigenvalue weighted by atomic mass is 10.0. The highest BCUT2D eigenvalue weighted by Crippen LogP contribution is 2.25. The van der Waals surface area contributed by atoms with Crippen molar-refractivity contribution in [3.05, 3.63) is 29.3 Å². The highest BCUT2D eigenvalue weighted by Gasteiger charge is 2.28. The van der Waals surface area contributed by atoms with Gasteiger partial charge in [0, 0.05) is 35.9 Å². The molecule has 0 saturated carbocycles. The Hall–Kier alpha value is -0.770. The smallest absolute Gasteiger partial charge is 0.0426 e. The average molecular weight is 268 g/mol. The van der Waals surface area contributed by atoms with E-state index in [2.05, 4.69) is 29.8 Å². The zero-order chi connectivity index (χ0) is 13.1. The van der Waals surface area contributed by atoms with E-state index in [1.54, 1.807) is 0 Å². The predicted octanol–water partition coefficient (Wildman–Crippen LogP) is 2.20. The van der Waals surface area contributed by atoms with Gasteiger partial charge in [-0.1, -0.05) is 17.7 Å². The number of rotatable bonds is 3. The Morgan fingerprint density at radius 2 is 2.17 bits per heavy atom. The maximum Gasteiger partial charge on any atom is 0.0426 e. The monoisotopic (exact) mass is 267 g/mol. The van der Waals surface area contributed by atoms with Gasteiger partial charge in [0.15, 0.2) is 0 Å². The summed E-state index contributed by atoms with van der Waals surface area (Å²) in [5.41, 5.74) is 6.91. The number of piperazine rings is 1. The fraction of sp³-hybridized carbons (Fsp3) is 0.571. The van der Waals surface area contributed by atoms with Crippen molar-refractivity contribution in [1.82, 2.24) is 4.90 Å². The van der Waals surface area contributed by atoms with Gasteiger partial charge >= 0.3 is 0 Å². The molecule has 1 aromatic rings. The molecule has 1 aromatic carbocycles. The van der Waals surface area contributed by atoms with Crippen LogP contribution < -0.4 is 10.6 Å². The summed E-state index contributed by atoms with van der Waals surface area (Å²) in [6.45, 7) is 5.09. The standard InChI is InChI=1S/C14H22ClN3/c1-11-9-17(2)14(6-7-16)10-18(11)13-5-3-4-12(15)8-13/h3-5,8,11,14H,6-7,9-10,16H2,1-2H3. The van der Waals surface area contributed by atoms with Crippen molar-refractivity contribution in [3.8, 4) is 0 Å². The molecule has 1 heterocycles. The van der Waals surface area contributed by atoms with Crippen LogP contribution >= 0.6 is 11.6 Å². The molecule has 2 rings (SSSR count). The van der Waals surface area contributed by atoms with Crippen LogP contribution in [-0.2, 0) is 0 Å². The molecule has 1 aliphatic heterocycles. The molecule has 1 saturated heterocycles. The maximum atomic E-state index is 6.08. The van der Waals surface area contributed by atoms with Crippen molar-refractivity contribution in [2.24, 2.45) is 5.73 Å². The molecular formula is C14H22ClN3. The number of hydrogen-bond donors (Lipinski definition) is 1. The number of hydrogen-bond acceptors (Lipinski definition) is 3. The lowest BCUT2D eigenvalue weighted by Crippen LogP contribution is -2.56. The number of anilines is 1. The Labute approximate surface area is 115 Å². The second kappa shape index (κ2) is 5.91. The summed E-state index contributed by atoms with van der Waals surface area (Å²) in [5, 5.41) is 0.800. The molecule has 0 amide bonds. The van der Waals surface area contributed by atoms with Crippen molar-refractivity contribution >= 4 is 17.3 Å². The minimum Gasteiger partial charge on any atom is -0.366 e. The van der Waals surface area contributed by atoms with E-state index in [1.165, 1.54) is 5.69 Å². The van der Waals surface area contributed by atoms with Crippen molar-refractivity contribution in [1.29, 1.82) is 0 Å². The molecule has 1 aliphatic rings. The lowest BCUT2D eigenvalue weighted by molar-refractivity contribution is 0.185. The molecule has 100 valence electrons. The van der Waals surface area contributed by atoms with Gasteiger partial charge in [-0.05, 0) is 45.1 Å². The molecule has 0 spiro atoms. The third-order valence-electron chi connectivity index (χ3n) is 3.75. The van der Waals surface area contributed by atoms with E-state index in [4.69, 9.17) is 17.3 Å². The Bertz CT molecular complexity index is 396. The molecule has 2 unspecified atom stereocenters. The third kappa shape index (κ3) is 2.97. The van der Waals surface area contributed by atoms with Gasteiger partial charge in [-0.3, -0.25) is 4.90 Å². The van der Waals surface area contributed by atoms with Crippen LogP contribution in [0.15, 0.2) is 24.3 Å². The molecule has 18 heavy (non-hydrogen) atoms. The molecule has 4 heteroatoms. The van der Waals surface area contributed by atoms with Crippen LogP contribution in [0.25, 0.3) is 0 Å². The SMILES string of the molecule is CC1CN(C)C(CCN)CN1c1cccc(Cl)c1. The molecular weight excluding hydrogens is 246 g/mol. The first-order chi connectivity index (χ1) is 8.61. The molecule has 2 N–H and O–H groups in total. The molecule has 0 aliphatic carbocycles. The van der Waals surface area contributed by atoms with Crippen LogP contribution in [0.5, 0.6) is 0 Å². The van der Waals surface area contributed by atoms with Gasteiger partial charge in [-0.2, -0.15) is 0 Å². The molecule has 2 atom stereocenters. The Morgan fingerprint density at radius 1 is 1.39 bits per heavy atom. The van der Waals surface area contributed by atoms with E-state index in [0.29, 0.717) is 12.1 Å². The van der Waals surface area contributed by atoms with Crippen molar-refractivity contribution < 1.29 is 0 Å². The Balaban J connectivity index is 2.16. The fourth-order valence-corrected chi connectivity index (χ4v) is 2.91. The Kier molecular flexibility index (Phi) is 4.49. The minimum atomic E-state index is 0.502. The zero-order valence-corrected chi connectivity index (χ0v) is 11.9. The molecule has 0 radical (unpaired) electrons. The van der Waals surface area contributed by atoms with Gasteiger partial charge in [0.05, 0.1) is 0 Å². The van der Waals surface area contributed by atoms with Crippen LogP contribution in [0.4, 0.5) is 5.69 Å². The first-order valence-corrected chi connectivity index (χ1v) is 6.92. The number of nitrogens with two attached hydrogens (primary N) is 1. The van der Waals surface area contributed by atoms with E-state index < -0.39 is 0 Å². The van der Waals surface area contributed by atoms with Gasteiger partial charge in [0.2, 0.25) is 0 Å². The van der Waals surface area contributed by atoms with E-state index in [0.717, 1.165) is 31.1 Å². The van der Waals surface area contributed by atoms with Crippen LogP contribution in [0.3, 0.4) is 0 Å². The largest absolute Gasteiger partial charge is 0.366 e. The number of nitrogens with zero attached hydrogens (tertiary/aromatic N) is 2. The van der Waals surface area contributed by atoms with Crippen LogP contribution in [0.1, 0.15) is 13.3 Å². The number of likely N-dealkylation sites (N-methyl/N-ethyl adjacent to an activating group) is 1. The summed E-state index contributed by atoms with van der Waals surface area (Å²) in [4.78, 5) is 4.85. The second-order valence-electron chi connectivity index (χ2n) is 5.15. The first kappa shape index (κ1) is 13.7. The van der Waals surface area contributed by atoms with Gasteiger partial charge in [0.25, 0.3) is 0 Å². The summed E-state index contributed by atoms with van der Waals surface area (Å²) in [5.74, 6) is 0. The van der Waals surface area contributed by atoms with Crippen molar-refractivity contribution in [2.75, 3.05) is 31.6 Å². The van der Waals surface area contributed by atoms with Gasteiger partial charge < -0.3 is 10.6 Å². The number of benzene rings is 1. The fourth-order valence-electron chi connectivity index (χ4n) is 2.73. The quantitative estimate of drug-likeness (QED) is 0.911. The van der Waals surface area contributed by atoms with Crippen molar-refractivity contribution in [2.45, 2.75) is 25.4 Å². The predicted molar refractivity (Wildman–Crippen MR) is 78.3 cm³/mol. The second-order valence-corrected chi connectivity index (χ2v) is 5.59. The van der Waals surface area contributed by atoms with Crippen LogP contribution in [0.2, 0.25) is 5.02 Å². The normalized spacial score (nSPS) is 25.4. The summed E-state index contributed by atoms with van der Waals surface area (Å²) in [6.07, 6.45) is 1.04. The average Bonchev–Trinajstić information content (AvgIpc) is 2.33. The maximum absolute atomic E-state index is 6.08. The highest BCUT2D eigenvalue weighted by molar-refractivity contribution is 6.30. The van der Waals surface area contributed by atoms with E-state index in [-0.39, 0.29) is 0 Å². The van der Waals surface area contributed by atoms with E-state index >= 15 is 0 Å². The van der Waals surface area contributed by atoms with Gasteiger partial charge in [-0.25, -0.2) is 0 Å². The van der Waals surface area contributed by atoms with Gasteiger partial charge in [0.1, 0.15) is 0 Å². The number of halogens is 1. The molecule has 1 fully saturated rings. The van der Waals surface area contributed by atoms with Crippen LogP contribution in [-0.4, -0.2) is 43.7 Å². The summed E-state index contributed by atoms with van der Waals surface area (Å²) >= 11 is 6.08.